The molecular formula is C28H36F2N4O7. The zero-order valence-electron chi connectivity index (χ0n) is 23.1. The number of anilines is 2. The first-order valence-electron chi connectivity index (χ1n) is 13.6. The molecule has 2 atom stereocenters. The number of carbonyl (C=O) groups is 3. The van der Waals surface area contributed by atoms with Crippen LogP contribution in [0.3, 0.4) is 0 Å². The number of unbranched alkanes of at least 4 members (excludes halogenated alkanes) is 3. The summed E-state index contributed by atoms with van der Waals surface area (Å²) in [4.78, 5) is 51.8. The molecule has 1 aromatic heterocycles. The van der Waals surface area contributed by atoms with E-state index in [0.29, 0.717) is 30.3 Å². The van der Waals surface area contributed by atoms with Crippen LogP contribution in [-0.4, -0.2) is 52.8 Å². The smallest absolute Gasteiger partial charge is 0.412 e. The maximum absolute atomic E-state index is 14.7. The Balaban J connectivity index is 1.35. The number of ether oxygens (including phenoxy) is 3. The zero-order valence-corrected chi connectivity index (χ0v) is 23.1. The van der Waals surface area contributed by atoms with Gasteiger partial charge in [0, 0.05) is 31.1 Å². The molecular weight excluding hydrogens is 542 g/mol. The summed E-state index contributed by atoms with van der Waals surface area (Å²) in [7, 11) is 0. The van der Waals surface area contributed by atoms with E-state index in [1.54, 1.807) is 0 Å². The Morgan fingerprint density at radius 3 is 2.44 bits per heavy atom. The van der Waals surface area contributed by atoms with Gasteiger partial charge >= 0.3 is 17.8 Å². The molecule has 1 aromatic carbocycles. The van der Waals surface area contributed by atoms with Crippen molar-refractivity contribution >= 4 is 29.5 Å². The number of benzene rings is 1. The van der Waals surface area contributed by atoms with Gasteiger partial charge in [-0.25, -0.2) is 18.4 Å². The number of alkyl halides is 2. The first-order chi connectivity index (χ1) is 19.5. The molecule has 41 heavy (non-hydrogen) atoms. The number of carbonyl (C=O) groups excluding carboxylic acids is 3. The van der Waals surface area contributed by atoms with Crippen LogP contribution in [0.4, 0.5) is 25.1 Å². The van der Waals surface area contributed by atoms with Gasteiger partial charge in [-0.1, -0.05) is 44.9 Å². The van der Waals surface area contributed by atoms with Crippen LogP contribution in [0, 0.1) is 5.92 Å². The Bertz CT molecular complexity index is 1220. The van der Waals surface area contributed by atoms with E-state index in [2.05, 4.69) is 15.6 Å². The fraction of sp³-hybridized carbons (Fsp3) is 0.536. The summed E-state index contributed by atoms with van der Waals surface area (Å²) in [6, 6.07) is 10.3. The van der Waals surface area contributed by atoms with Gasteiger partial charge < -0.3 is 19.5 Å². The Morgan fingerprint density at radius 2 is 1.76 bits per heavy atom. The van der Waals surface area contributed by atoms with Crippen molar-refractivity contribution in [2.45, 2.75) is 77.0 Å². The second-order valence-corrected chi connectivity index (χ2v) is 10.2. The Labute approximate surface area is 236 Å². The molecule has 2 heterocycles. The predicted molar refractivity (Wildman–Crippen MR) is 146 cm³/mol. The number of amides is 2. The first kappa shape index (κ1) is 31.7. The average Bonchev–Trinajstić information content (AvgIpc) is 3.22. The molecule has 13 heteroatoms. The van der Waals surface area contributed by atoms with E-state index >= 15 is 0 Å². The number of aromatic nitrogens is 2. The van der Waals surface area contributed by atoms with Gasteiger partial charge in [-0.2, -0.15) is 4.98 Å². The van der Waals surface area contributed by atoms with Gasteiger partial charge in [0.25, 0.3) is 5.92 Å². The van der Waals surface area contributed by atoms with Crippen molar-refractivity contribution in [2.24, 2.45) is 5.92 Å². The van der Waals surface area contributed by atoms with Crippen LogP contribution in [0.2, 0.25) is 0 Å². The average molecular weight is 579 g/mol. The maximum Gasteiger partial charge on any atom is 0.412 e. The topological polar surface area (TPSA) is 138 Å². The van der Waals surface area contributed by atoms with Crippen LogP contribution in [-0.2, 0) is 23.8 Å². The van der Waals surface area contributed by atoms with Crippen molar-refractivity contribution in [3.8, 4) is 0 Å². The largest absolute Gasteiger partial charge is 0.463 e. The number of hydrogen-bond acceptors (Lipinski definition) is 8. The minimum Gasteiger partial charge on any atom is -0.463 e. The molecule has 2 amide bonds. The molecule has 1 saturated heterocycles. The molecule has 0 saturated carbocycles. The van der Waals surface area contributed by atoms with Gasteiger partial charge in [0.05, 0.1) is 6.61 Å². The monoisotopic (exact) mass is 578 g/mol. The third-order valence-corrected chi connectivity index (χ3v) is 6.07. The highest BCUT2D eigenvalue weighted by Crippen LogP contribution is 2.42. The Hall–Kier alpha value is -3.87. The Morgan fingerprint density at radius 1 is 1.05 bits per heavy atom. The molecule has 0 aliphatic carbocycles. The lowest BCUT2D eigenvalue weighted by Crippen LogP contribution is -2.35. The summed E-state index contributed by atoms with van der Waals surface area (Å²) in [6.07, 6.45) is -0.408. The highest BCUT2D eigenvalue weighted by molar-refractivity contribution is 5.90. The molecule has 11 nitrogen and oxygen atoms in total. The quantitative estimate of drug-likeness (QED) is 0.239. The maximum atomic E-state index is 14.7. The van der Waals surface area contributed by atoms with E-state index in [9.17, 15) is 28.0 Å². The number of nitrogens with zero attached hydrogens (tertiary/aromatic N) is 2. The molecule has 0 spiro atoms. The van der Waals surface area contributed by atoms with Crippen LogP contribution in [0.5, 0.6) is 0 Å². The summed E-state index contributed by atoms with van der Waals surface area (Å²) in [5.41, 5.74) is -0.308. The molecule has 0 unspecified atom stereocenters. The van der Waals surface area contributed by atoms with Gasteiger partial charge in [0.1, 0.15) is 18.5 Å². The molecule has 224 valence electrons. The minimum absolute atomic E-state index is 0.0743. The number of nitrogens with one attached hydrogen (secondary N) is 2. The summed E-state index contributed by atoms with van der Waals surface area (Å²) >= 11 is 0. The van der Waals surface area contributed by atoms with E-state index in [1.807, 2.05) is 44.2 Å². The van der Waals surface area contributed by atoms with Gasteiger partial charge in [-0.15, -0.1) is 0 Å². The van der Waals surface area contributed by atoms with Crippen LogP contribution in [0.15, 0.2) is 47.4 Å². The van der Waals surface area contributed by atoms with E-state index in [0.717, 1.165) is 18.3 Å². The molecule has 0 bridgehead atoms. The number of rotatable bonds is 14. The lowest BCUT2D eigenvalue weighted by molar-refractivity contribution is -0.150. The van der Waals surface area contributed by atoms with Crippen LogP contribution < -0.4 is 16.3 Å². The van der Waals surface area contributed by atoms with Gasteiger partial charge in [0.2, 0.25) is 12.1 Å². The number of esters is 1. The SMILES string of the molecule is CC(C)COC(=O)Nc1ccn([C@@H]2O[C@H](COC(=O)CCCCCCC(=O)Nc3ccccc3)CC2(F)F)c(=O)n1. The third-order valence-electron chi connectivity index (χ3n) is 6.07. The highest BCUT2D eigenvalue weighted by atomic mass is 19.3. The summed E-state index contributed by atoms with van der Waals surface area (Å²) in [6.45, 7) is 3.48. The number of hydrogen-bond donors (Lipinski definition) is 2. The second-order valence-electron chi connectivity index (χ2n) is 10.2. The standard InChI is InChI=1S/C28H36F2N4O7/c1-19(2)17-40-27(38)33-22-14-15-34(26(37)32-22)25-28(29,30)16-21(41-25)18-39-24(36)13-9-4-3-8-12-23(35)31-20-10-6-5-7-11-20/h5-7,10-11,14-15,19,21,25H,3-4,8-9,12-13,16-18H2,1-2H3,(H,31,35)(H,32,33,37,38)/t21-,25+/m0/s1. The molecule has 0 radical (unpaired) electrons. The van der Waals surface area contributed by atoms with Gasteiger partial charge in [-0.3, -0.25) is 19.5 Å². The second kappa shape index (κ2) is 15.2. The normalized spacial score (nSPS) is 17.7. The summed E-state index contributed by atoms with van der Waals surface area (Å²) < 4.78 is 45.4. The number of halogens is 2. The molecule has 2 aromatic rings. The summed E-state index contributed by atoms with van der Waals surface area (Å²) in [5, 5.41) is 5.08. The lowest BCUT2D eigenvalue weighted by atomic mass is 10.1. The Kier molecular flexibility index (Phi) is 11.7. The van der Waals surface area contributed by atoms with Crippen LogP contribution >= 0.6 is 0 Å². The van der Waals surface area contributed by atoms with Crippen LogP contribution in [0.1, 0.15) is 65.0 Å². The van der Waals surface area contributed by atoms with Gasteiger partial charge in [-0.05, 0) is 37.0 Å². The third kappa shape index (κ3) is 10.6. The van der Waals surface area contributed by atoms with Crippen molar-refractivity contribution in [1.29, 1.82) is 0 Å². The van der Waals surface area contributed by atoms with Crippen molar-refractivity contribution < 1.29 is 37.4 Å². The molecule has 1 fully saturated rings. The molecule has 1 aliphatic heterocycles. The van der Waals surface area contributed by atoms with E-state index < -0.39 is 42.4 Å². The van der Waals surface area contributed by atoms with Crippen molar-refractivity contribution in [1.82, 2.24) is 9.55 Å². The van der Waals surface area contributed by atoms with Gasteiger partial charge in [0.15, 0.2) is 0 Å². The first-order valence-corrected chi connectivity index (χ1v) is 13.6. The minimum atomic E-state index is -3.42. The lowest BCUT2D eigenvalue weighted by Gasteiger charge is -2.20. The fourth-order valence-electron chi connectivity index (χ4n) is 4.06. The van der Waals surface area contributed by atoms with E-state index in [1.165, 1.54) is 6.07 Å². The summed E-state index contributed by atoms with van der Waals surface area (Å²) in [5.74, 6) is -4.08. The van der Waals surface area contributed by atoms with Crippen molar-refractivity contribution in [3.05, 3.63) is 53.1 Å². The van der Waals surface area contributed by atoms with Crippen LogP contribution in [0.25, 0.3) is 0 Å². The molecule has 3 rings (SSSR count). The zero-order chi connectivity index (χ0) is 29.8. The predicted octanol–water partition coefficient (Wildman–Crippen LogP) is 4.89. The van der Waals surface area contributed by atoms with E-state index in [4.69, 9.17) is 14.2 Å². The number of para-hydroxylation sites is 1. The van der Waals surface area contributed by atoms with Crippen molar-refractivity contribution in [3.63, 3.8) is 0 Å². The fourth-order valence-corrected chi connectivity index (χ4v) is 4.06. The molecule has 2 N–H and O–H groups in total. The highest BCUT2D eigenvalue weighted by Gasteiger charge is 2.52. The molecule has 1 aliphatic rings. The van der Waals surface area contributed by atoms with E-state index in [-0.39, 0.29) is 37.3 Å². The van der Waals surface area contributed by atoms with Crippen molar-refractivity contribution in [2.75, 3.05) is 23.8 Å².